The fourth-order valence-corrected chi connectivity index (χ4v) is 4.53. The number of nitrogens with zero attached hydrogens (tertiary/aromatic N) is 3. The third kappa shape index (κ3) is 4.66. The number of ether oxygens (including phenoxy) is 2. The first-order valence-corrected chi connectivity index (χ1v) is 10.9. The van der Waals surface area contributed by atoms with E-state index in [2.05, 4.69) is 26.2 Å². The second-order valence-electron chi connectivity index (χ2n) is 7.06. The zero-order chi connectivity index (χ0) is 20.9. The molecular formula is C22H26N4O3S. The molecule has 1 N–H and O–H groups in total. The molecule has 7 nitrogen and oxygen atoms in total. The maximum Gasteiger partial charge on any atom is 0.240 e. The molecule has 1 aliphatic rings. The molecule has 1 fully saturated rings. The molecule has 30 heavy (non-hydrogen) atoms. The number of amides is 1. The zero-order valence-electron chi connectivity index (χ0n) is 17.3. The average Bonchev–Trinajstić information content (AvgIpc) is 3.16. The maximum absolute atomic E-state index is 12.5. The molecule has 0 spiro atoms. The topological polar surface area (TPSA) is 66.9 Å². The summed E-state index contributed by atoms with van der Waals surface area (Å²) in [5.74, 6) is 1.66. The van der Waals surface area contributed by atoms with Gasteiger partial charge in [0.05, 0.1) is 36.2 Å². The van der Waals surface area contributed by atoms with Gasteiger partial charge in [-0.15, -0.1) is 0 Å². The lowest BCUT2D eigenvalue weighted by atomic mass is 10.2. The molecular weight excluding hydrogens is 400 g/mol. The van der Waals surface area contributed by atoms with Crippen LogP contribution < -0.4 is 19.7 Å². The highest BCUT2D eigenvalue weighted by Crippen LogP contribution is 2.30. The highest BCUT2D eigenvalue weighted by molar-refractivity contribution is 7.22. The second kappa shape index (κ2) is 9.32. The number of benzene rings is 2. The highest BCUT2D eigenvalue weighted by Gasteiger charge is 2.21. The van der Waals surface area contributed by atoms with Crippen molar-refractivity contribution in [2.45, 2.75) is 6.92 Å². The van der Waals surface area contributed by atoms with Crippen LogP contribution in [0.2, 0.25) is 0 Å². The van der Waals surface area contributed by atoms with Gasteiger partial charge in [-0.3, -0.25) is 9.69 Å². The van der Waals surface area contributed by atoms with Gasteiger partial charge in [0.25, 0.3) is 0 Å². The summed E-state index contributed by atoms with van der Waals surface area (Å²) in [5, 5.41) is 3.57. The molecule has 2 heterocycles. The Hall–Kier alpha value is -2.84. The molecule has 1 amide bonds. The first-order chi connectivity index (χ1) is 14.7. The van der Waals surface area contributed by atoms with Crippen molar-refractivity contribution < 1.29 is 14.3 Å². The SMILES string of the molecule is CCOc1ccc2nc(NC(=O)CN3CCN(c4ccccc4OC)CC3)sc2c1. The number of thiazole rings is 1. The van der Waals surface area contributed by atoms with Crippen LogP contribution in [0.15, 0.2) is 42.5 Å². The Bertz CT molecular complexity index is 1010. The Balaban J connectivity index is 1.31. The summed E-state index contributed by atoms with van der Waals surface area (Å²) in [5.41, 5.74) is 1.97. The van der Waals surface area contributed by atoms with Crippen molar-refractivity contribution in [2.75, 3.05) is 56.7 Å². The number of carbonyl (C=O) groups is 1. The van der Waals surface area contributed by atoms with E-state index in [0.29, 0.717) is 18.3 Å². The monoisotopic (exact) mass is 426 g/mol. The van der Waals surface area contributed by atoms with Crippen molar-refractivity contribution in [1.82, 2.24) is 9.88 Å². The van der Waals surface area contributed by atoms with Gasteiger partial charge < -0.3 is 19.7 Å². The van der Waals surface area contributed by atoms with E-state index in [0.717, 1.165) is 53.6 Å². The molecule has 3 aromatic rings. The number of carbonyl (C=O) groups excluding carboxylic acids is 1. The molecule has 0 atom stereocenters. The molecule has 2 aromatic carbocycles. The summed E-state index contributed by atoms with van der Waals surface area (Å²) >= 11 is 1.47. The van der Waals surface area contributed by atoms with E-state index in [1.54, 1.807) is 7.11 Å². The molecule has 0 unspecified atom stereocenters. The van der Waals surface area contributed by atoms with E-state index in [-0.39, 0.29) is 5.91 Å². The zero-order valence-corrected chi connectivity index (χ0v) is 18.1. The lowest BCUT2D eigenvalue weighted by Crippen LogP contribution is -2.48. The summed E-state index contributed by atoms with van der Waals surface area (Å²) in [6, 6.07) is 13.8. The maximum atomic E-state index is 12.5. The van der Waals surface area contributed by atoms with Crippen LogP contribution in [0.1, 0.15) is 6.92 Å². The molecule has 4 rings (SSSR count). The highest BCUT2D eigenvalue weighted by atomic mass is 32.1. The van der Waals surface area contributed by atoms with Gasteiger partial charge in [-0.1, -0.05) is 23.5 Å². The van der Waals surface area contributed by atoms with E-state index in [1.807, 2.05) is 43.3 Å². The number of aromatic nitrogens is 1. The molecule has 0 bridgehead atoms. The molecule has 158 valence electrons. The van der Waals surface area contributed by atoms with Gasteiger partial charge in [-0.05, 0) is 37.3 Å². The van der Waals surface area contributed by atoms with Gasteiger partial charge in [0.15, 0.2) is 5.13 Å². The standard InChI is InChI=1S/C22H26N4O3S/c1-3-29-16-8-9-17-20(14-16)30-22(23-17)24-21(27)15-25-10-12-26(13-11-25)18-6-4-5-7-19(18)28-2/h4-9,14H,3,10-13,15H2,1-2H3,(H,23,24,27). The number of piperazine rings is 1. The molecule has 1 aliphatic heterocycles. The Morgan fingerprint density at radius 1 is 1.17 bits per heavy atom. The summed E-state index contributed by atoms with van der Waals surface area (Å²) in [7, 11) is 1.69. The van der Waals surface area contributed by atoms with E-state index in [1.165, 1.54) is 11.3 Å². The van der Waals surface area contributed by atoms with Crippen LogP contribution in [0, 0.1) is 0 Å². The summed E-state index contributed by atoms with van der Waals surface area (Å²) in [6.07, 6.45) is 0. The number of fused-ring (bicyclic) bond motifs is 1. The molecule has 0 saturated carbocycles. The van der Waals surface area contributed by atoms with Crippen LogP contribution in [0.4, 0.5) is 10.8 Å². The lowest BCUT2D eigenvalue weighted by molar-refractivity contribution is -0.117. The van der Waals surface area contributed by atoms with Gasteiger partial charge >= 0.3 is 0 Å². The van der Waals surface area contributed by atoms with E-state index in [9.17, 15) is 4.79 Å². The third-order valence-electron chi connectivity index (χ3n) is 5.08. The number of hydrogen-bond acceptors (Lipinski definition) is 7. The van der Waals surface area contributed by atoms with Crippen molar-refractivity contribution in [3.05, 3.63) is 42.5 Å². The molecule has 0 aliphatic carbocycles. The quantitative estimate of drug-likeness (QED) is 0.624. The van der Waals surface area contributed by atoms with Crippen LogP contribution in [-0.2, 0) is 4.79 Å². The summed E-state index contributed by atoms with van der Waals surface area (Å²) in [6.45, 7) is 6.30. The van der Waals surface area contributed by atoms with Crippen molar-refractivity contribution in [3.63, 3.8) is 0 Å². The van der Waals surface area contributed by atoms with E-state index < -0.39 is 0 Å². The number of methoxy groups -OCH3 is 1. The number of para-hydroxylation sites is 2. The van der Waals surface area contributed by atoms with Crippen molar-refractivity contribution >= 4 is 38.3 Å². The Morgan fingerprint density at radius 2 is 1.97 bits per heavy atom. The van der Waals surface area contributed by atoms with Crippen LogP contribution in [0.25, 0.3) is 10.2 Å². The smallest absolute Gasteiger partial charge is 0.240 e. The van der Waals surface area contributed by atoms with Crippen LogP contribution >= 0.6 is 11.3 Å². The normalized spacial score (nSPS) is 14.7. The van der Waals surface area contributed by atoms with Gasteiger partial charge in [0.1, 0.15) is 11.5 Å². The fourth-order valence-electron chi connectivity index (χ4n) is 3.61. The third-order valence-corrected chi connectivity index (χ3v) is 6.02. The van der Waals surface area contributed by atoms with Gasteiger partial charge in [0, 0.05) is 26.2 Å². The molecule has 0 radical (unpaired) electrons. The van der Waals surface area contributed by atoms with Crippen molar-refractivity contribution in [3.8, 4) is 11.5 Å². The Kier molecular flexibility index (Phi) is 6.35. The molecule has 1 aromatic heterocycles. The van der Waals surface area contributed by atoms with Crippen LogP contribution in [0.3, 0.4) is 0 Å². The lowest BCUT2D eigenvalue weighted by Gasteiger charge is -2.36. The minimum Gasteiger partial charge on any atom is -0.495 e. The fraction of sp³-hybridized carbons (Fsp3) is 0.364. The minimum atomic E-state index is -0.0372. The average molecular weight is 427 g/mol. The predicted molar refractivity (Wildman–Crippen MR) is 121 cm³/mol. The summed E-state index contributed by atoms with van der Waals surface area (Å²) in [4.78, 5) is 21.5. The first-order valence-electron chi connectivity index (χ1n) is 10.1. The van der Waals surface area contributed by atoms with Gasteiger partial charge in [-0.2, -0.15) is 0 Å². The number of anilines is 2. The molecule has 8 heteroatoms. The minimum absolute atomic E-state index is 0.0372. The second-order valence-corrected chi connectivity index (χ2v) is 8.10. The molecule has 1 saturated heterocycles. The first kappa shape index (κ1) is 20.4. The largest absolute Gasteiger partial charge is 0.495 e. The summed E-state index contributed by atoms with van der Waals surface area (Å²) < 4.78 is 12.0. The number of rotatable bonds is 7. The van der Waals surface area contributed by atoms with Crippen molar-refractivity contribution in [2.24, 2.45) is 0 Å². The Morgan fingerprint density at radius 3 is 2.73 bits per heavy atom. The van der Waals surface area contributed by atoms with E-state index in [4.69, 9.17) is 9.47 Å². The Labute approximate surface area is 180 Å². The van der Waals surface area contributed by atoms with E-state index >= 15 is 0 Å². The van der Waals surface area contributed by atoms with Gasteiger partial charge in [0.2, 0.25) is 5.91 Å². The van der Waals surface area contributed by atoms with Crippen molar-refractivity contribution in [1.29, 1.82) is 0 Å². The van der Waals surface area contributed by atoms with Crippen LogP contribution in [-0.4, -0.2) is 62.2 Å². The van der Waals surface area contributed by atoms with Crippen LogP contribution in [0.5, 0.6) is 11.5 Å². The predicted octanol–water partition coefficient (Wildman–Crippen LogP) is 3.46. The number of nitrogens with one attached hydrogen (secondary N) is 1. The number of hydrogen-bond donors (Lipinski definition) is 1. The van der Waals surface area contributed by atoms with Gasteiger partial charge in [-0.25, -0.2) is 4.98 Å².